The molecule has 1 aromatic heterocycles. The first-order valence-electron chi connectivity index (χ1n) is 9.34. The zero-order valence-corrected chi connectivity index (χ0v) is 16.5. The maximum absolute atomic E-state index is 13.4. The van der Waals surface area contributed by atoms with Crippen molar-refractivity contribution >= 4 is 20.9 Å². The summed E-state index contributed by atoms with van der Waals surface area (Å²) in [6.45, 7) is 0.183. The van der Waals surface area contributed by atoms with Crippen molar-refractivity contribution in [2.45, 2.75) is 11.7 Å². The third kappa shape index (κ3) is 4.55. The lowest BCUT2D eigenvalue weighted by Gasteiger charge is -2.18. The number of halogens is 1. The smallest absolute Gasteiger partial charge is 0.215 e. The van der Waals surface area contributed by atoms with Gasteiger partial charge in [-0.15, -0.1) is 0 Å². The minimum atomic E-state index is -3.52. The number of benzene rings is 3. The lowest BCUT2D eigenvalue weighted by molar-refractivity contribution is 0.576. The number of aromatic amines is 1. The summed E-state index contributed by atoms with van der Waals surface area (Å²) in [5.41, 5.74) is 3.51. The molecule has 0 fully saturated rings. The molecule has 29 heavy (non-hydrogen) atoms. The highest BCUT2D eigenvalue weighted by Gasteiger charge is 2.21. The van der Waals surface area contributed by atoms with E-state index in [1.807, 2.05) is 48.7 Å². The number of hydrogen-bond acceptors (Lipinski definition) is 2. The Bertz CT molecular complexity index is 1200. The van der Waals surface area contributed by atoms with Gasteiger partial charge >= 0.3 is 0 Å². The van der Waals surface area contributed by atoms with Gasteiger partial charge < -0.3 is 4.98 Å². The van der Waals surface area contributed by atoms with Gasteiger partial charge in [0.15, 0.2) is 0 Å². The summed E-state index contributed by atoms with van der Waals surface area (Å²) < 4.78 is 41.5. The lowest BCUT2D eigenvalue weighted by Crippen LogP contribution is -2.30. The zero-order valence-electron chi connectivity index (χ0n) is 15.7. The van der Waals surface area contributed by atoms with Crippen LogP contribution < -0.4 is 4.72 Å². The molecule has 0 spiro atoms. The Morgan fingerprint density at radius 2 is 1.59 bits per heavy atom. The summed E-state index contributed by atoms with van der Waals surface area (Å²) in [6, 6.07) is 23.1. The normalized spacial score (nSPS) is 12.9. The average molecular weight is 408 g/mol. The van der Waals surface area contributed by atoms with E-state index in [0.717, 1.165) is 27.6 Å². The van der Waals surface area contributed by atoms with Crippen molar-refractivity contribution in [1.82, 2.24) is 9.71 Å². The summed E-state index contributed by atoms with van der Waals surface area (Å²) in [4.78, 5) is 3.24. The van der Waals surface area contributed by atoms with Crippen molar-refractivity contribution in [3.63, 3.8) is 0 Å². The van der Waals surface area contributed by atoms with Crippen molar-refractivity contribution in [3.05, 3.63) is 108 Å². The predicted octanol–water partition coefficient (Wildman–Crippen LogP) is 4.56. The number of H-pyrrole nitrogens is 1. The van der Waals surface area contributed by atoms with Crippen LogP contribution in [0.25, 0.3) is 10.9 Å². The summed E-state index contributed by atoms with van der Waals surface area (Å²) in [6.07, 6.45) is 1.89. The molecule has 4 aromatic rings. The average Bonchev–Trinajstić information content (AvgIpc) is 3.14. The van der Waals surface area contributed by atoms with Gasteiger partial charge in [0.25, 0.3) is 0 Å². The Balaban J connectivity index is 1.63. The predicted molar refractivity (Wildman–Crippen MR) is 114 cm³/mol. The molecule has 0 saturated heterocycles. The lowest BCUT2D eigenvalue weighted by atomic mass is 9.91. The van der Waals surface area contributed by atoms with E-state index in [9.17, 15) is 12.8 Å². The van der Waals surface area contributed by atoms with Gasteiger partial charge in [-0.3, -0.25) is 0 Å². The molecule has 4 nitrogen and oxygen atoms in total. The van der Waals surface area contributed by atoms with Crippen molar-refractivity contribution in [3.8, 4) is 0 Å². The Morgan fingerprint density at radius 1 is 0.897 bits per heavy atom. The van der Waals surface area contributed by atoms with Crippen LogP contribution in [0.5, 0.6) is 0 Å². The fraction of sp³-hybridized carbons (Fsp3) is 0.130. The number of nitrogens with one attached hydrogen (secondary N) is 2. The highest BCUT2D eigenvalue weighted by atomic mass is 32.2. The van der Waals surface area contributed by atoms with Gasteiger partial charge in [-0.2, -0.15) is 0 Å². The van der Waals surface area contributed by atoms with Crippen LogP contribution in [0, 0.1) is 5.82 Å². The molecule has 1 heterocycles. The molecule has 2 N–H and O–H groups in total. The van der Waals surface area contributed by atoms with Crippen LogP contribution >= 0.6 is 0 Å². The van der Waals surface area contributed by atoms with E-state index in [4.69, 9.17) is 0 Å². The Hall–Kier alpha value is -2.96. The van der Waals surface area contributed by atoms with E-state index in [-0.39, 0.29) is 24.0 Å². The Morgan fingerprint density at radius 3 is 2.34 bits per heavy atom. The largest absolute Gasteiger partial charge is 0.361 e. The van der Waals surface area contributed by atoms with Gasteiger partial charge in [-0.1, -0.05) is 60.7 Å². The van der Waals surface area contributed by atoms with E-state index < -0.39 is 10.0 Å². The summed E-state index contributed by atoms with van der Waals surface area (Å²) in [5, 5.41) is 1.02. The van der Waals surface area contributed by atoms with Crippen molar-refractivity contribution < 1.29 is 12.8 Å². The van der Waals surface area contributed by atoms with Crippen molar-refractivity contribution in [1.29, 1.82) is 0 Å². The van der Waals surface area contributed by atoms with Crippen LogP contribution in [0.4, 0.5) is 4.39 Å². The van der Waals surface area contributed by atoms with Crippen LogP contribution in [-0.4, -0.2) is 19.9 Å². The van der Waals surface area contributed by atoms with E-state index in [1.54, 1.807) is 24.3 Å². The van der Waals surface area contributed by atoms with Gasteiger partial charge in [-0.25, -0.2) is 17.5 Å². The zero-order chi connectivity index (χ0) is 20.3. The first kappa shape index (κ1) is 19.4. The van der Waals surface area contributed by atoms with Gasteiger partial charge in [0.1, 0.15) is 5.82 Å². The first-order valence-corrected chi connectivity index (χ1v) is 11.0. The minimum Gasteiger partial charge on any atom is -0.361 e. The van der Waals surface area contributed by atoms with Gasteiger partial charge in [0.05, 0.1) is 5.75 Å². The standard InChI is InChI=1S/C23H21FN2O2S/c24-19-12-10-18(11-13-19)21(22-14-25-23-9-5-4-8-20(22)23)15-26-29(27,28)16-17-6-2-1-3-7-17/h1-14,21,25-26H,15-16H2/t21-/m0/s1. The third-order valence-corrected chi connectivity index (χ3v) is 6.30. The van der Waals surface area contributed by atoms with Crippen molar-refractivity contribution in [2.75, 3.05) is 6.54 Å². The second-order valence-electron chi connectivity index (χ2n) is 6.99. The molecule has 0 aliphatic rings. The number of aromatic nitrogens is 1. The van der Waals surface area contributed by atoms with E-state index >= 15 is 0 Å². The maximum Gasteiger partial charge on any atom is 0.215 e. The first-order chi connectivity index (χ1) is 14.0. The monoisotopic (exact) mass is 408 g/mol. The molecule has 0 bridgehead atoms. The molecule has 0 aliphatic heterocycles. The van der Waals surface area contributed by atoms with Gasteiger partial charge in [0, 0.05) is 29.6 Å². The fourth-order valence-electron chi connectivity index (χ4n) is 3.54. The number of sulfonamides is 1. The van der Waals surface area contributed by atoms with Gasteiger partial charge in [0.2, 0.25) is 10.0 Å². The number of fused-ring (bicyclic) bond motifs is 1. The highest BCUT2D eigenvalue weighted by Crippen LogP contribution is 2.30. The van der Waals surface area contributed by atoms with E-state index in [0.29, 0.717) is 0 Å². The molecule has 1 atom stereocenters. The number of para-hydroxylation sites is 1. The highest BCUT2D eigenvalue weighted by molar-refractivity contribution is 7.88. The molecule has 0 aliphatic carbocycles. The topological polar surface area (TPSA) is 62.0 Å². The van der Waals surface area contributed by atoms with Crippen LogP contribution in [0.3, 0.4) is 0 Å². The SMILES string of the molecule is O=S(=O)(Cc1ccccc1)NC[C@@H](c1ccc(F)cc1)c1c[nH]c2ccccc12. The molecule has 6 heteroatoms. The molecule has 0 unspecified atom stereocenters. The van der Waals surface area contributed by atoms with E-state index in [2.05, 4.69) is 9.71 Å². The molecule has 4 rings (SSSR count). The molecule has 0 saturated carbocycles. The molecule has 3 aromatic carbocycles. The summed E-state index contributed by atoms with van der Waals surface area (Å²) >= 11 is 0. The number of rotatable bonds is 7. The summed E-state index contributed by atoms with van der Waals surface area (Å²) in [7, 11) is -3.52. The van der Waals surface area contributed by atoms with Crippen molar-refractivity contribution in [2.24, 2.45) is 0 Å². The molecule has 148 valence electrons. The Kier molecular flexibility index (Phi) is 5.47. The minimum absolute atomic E-state index is 0.0855. The maximum atomic E-state index is 13.4. The second kappa shape index (κ2) is 8.19. The van der Waals surface area contributed by atoms with Gasteiger partial charge in [-0.05, 0) is 34.9 Å². The molecular weight excluding hydrogens is 387 g/mol. The second-order valence-corrected chi connectivity index (χ2v) is 8.79. The molecule has 0 radical (unpaired) electrons. The van der Waals surface area contributed by atoms with Crippen LogP contribution in [0.2, 0.25) is 0 Å². The quantitative estimate of drug-likeness (QED) is 0.471. The molecule has 0 amide bonds. The van der Waals surface area contributed by atoms with E-state index in [1.165, 1.54) is 12.1 Å². The number of hydrogen-bond donors (Lipinski definition) is 2. The third-order valence-electron chi connectivity index (χ3n) is 4.98. The van der Waals surface area contributed by atoms with Crippen LogP contribution in [0.1, 0.15) is 22.6 Å². The molecular formula is C23H21FN2O2S. The fourth-order valence-corrected chi connectivity index (χ4v) is 4.69. The van der Waals surface area contributed by atoms with Crippen LogP contribution in [-0.2, 0) is 15.8 Å². The Labute approximate surface area is 169 Å². The summed E-state index contributed by atoms with van der Waals surface area (Å²) in [5.74, 6) is -0.661. The van der Waals surface area contributed by atoms with Crippen LogP contribution in [0.15, 0.2) is 85.1 Å².